The number of hydrazine groups is 1. The number of hydrogen-bond acceptors (Lipinski definition) is 3. The monoisotopic (exact) mass is 274 g/mol. The van der Waals surface area contributed by atoms with Gasteiger partial charge in [0.05, 0.1) is 0 Å². The van der Waals surface area contributed by atoms with Gasteiger partial charge in [-0.25, -0.2) is 4.79 Å². The first-order valence-corrected chi connectivity index (χ1v) is 6.13. The standard InChI is InChI=1S/C14H14N2O4/c17-12(6-7-13(18)19)15-16-14(20)11-8-10(11)9-4-2-1-3-5-9/h1-7,10-11H,8H2,(H,15,17)(H,16,20)(H,18,19)/b7-6-. The molecule has 2 unspecified atom stereocenters. The number of benzene rings is 1. The van der Waals surface area contributed by atoms with Gasteiger partial charge in [-0.2, -0.15) is 0 Å². The smallest absolute Gasteiger partial charge is 0.328 e. The summed E-state index contributed by atoms with van der Waals surface area (Å²) in [5.41, 5.74) is 5.53. The molecule has 1 saturated carbocycles. The molecule has 0 aliphatic heterocycles. The van der Waals surface area contributed by atoms with Crippen LogP contribution in [0.1, 0.15) is 17.9 Å². The van der Waals surface area contributed by atoms with Gasteiger partial charge in [0, 0.05) is 18.1 Å². The van der Waals surface area contributed by atoms with Crippen molar-refractivity contribution in [2.45, 2.75) is 12.3 Å². The van der Waals surface area contributed by atoms with E-state index in [1.807, 2.05) is 30.3 Å². The van der Waals surface area contributed by atoms with E-state index in [-0.39, 0.29) is 17.7 Å². The van der Waals surface area contributed by atoms with E-state index in [1.54, 1.807) is 0 Å². The normalized spacial score (nSPS) is 20.4. The minimum absolute atomic E-state index is 0.152. The fourth-order valence-electron chi connectivity index (χ4n) is 1.96. The fraction of sp³-hybridized carbons (Fsp3) is 0.214. The van der Waals surface area contributed by atoms with Gasteiger partial charge in [0.25, 0.3) is 5.91 Å². The minimum atomic E-state index is -1.22. The molecule has 3 N–H and O–H groups in total. The van der Waals surface area contributed by atoms with E-state index in [0.29, 0.717) is 6.08 Å². The molecule has 1 fully saturated rings. The van der Waals surface area contributed by atoms with Crippen LogP contribution in [0, 0.1) is 5.92 Å². The summed E-state index contributed by atoms with van der Waals surface area (Å²) in [5.74, 6) is -2.14. The lowest BCUT2D eigenvalue weighted by molar-refractivity contribution is -0.131. The van der Waals surface area contributed by atoms with Crippen LogP contribution >= 0.6 is 0 Å². The number of aliphatic carboxylic acids is 1. The molecule has 0 radical (unpaired) electrons. The lowest BCUT2D eigenvalue weighted by Crippen LogP contribution is -2.41. The summed E-state index contributed by atoms with van der Waals surface area (Å²) in [5, 5.41) is 8.34. The highest BCUT2D eigenvalue weighted by molar-refractivity contribution is 5.95. The first-order chi connectivity index (χ1) is 9.58. The lowest BCUT2D eigenvalue weighted by atomic mass is 10.1. The van der Waals surface area contributed by atoms with Gasteiger partial charge in [0.15, 0.2) is 0 Å². The van der Waals surface area contributed by atoms with Crippen LogP contribution in [0.15, 0.2) is 42.5 Å². The van der Waals surface area contributed by atoms with Crippen LogP contribution in [0.25, 0.3) is 0 Å². The van der Waals surface area contributed by atoms with Crippen molar-refractivity contribution >= 4 is 17.8 Å². The van der Waals surface area contributed by atoms with E-state index in [4.69, 9.17) is 5.11 Å². The summed E-state index contributed by atoms with van der Waals surface area (Å²) in [7, 11) is 0. The number of hydrogen-bond donors (Lipinski definition) is 3. The van der Waals surface area contributed by atoms with Crippen molar-refractivity contribution in [1.82, 2.24) is 10.9 Å². The molecule has 1 aromatic rings. The first-order valence-electron chi connectivity index (χ1n) is 6.13. The predicted molar refractivity (Wildman–Crippen MR) is 70.4 cm³/mol. The van der Waals surface area contributed by atoms with Gasteiger partial charge in [0.1, 0.15) is 0 Å². The van der Waals surface area contributed by atoms with Crippen LogP contribution in [0.3, 0.4) is 0 Å². The van der Waals surface area contributed by atoms with Crippen molar-refractivity contribution in [2.24, 2.45) is 5.92 Å². The summed E-state index contributed by atoms with van der Waals surface area (Å²) in [6.45, 7) is 0. The Morgan fingerprint density at radius 2 is 1.80 bits per heavy atom. The van der Waals surface area contributed by atoms with E-state index in [0.717, 1.165) is 18.1 Å². The van der Waals surface area contributed by atoms with Crippen LogP contribution in [0.5, 0.6) is 0 Å². The molecule has 0 heterocycles. The molecule has 1 aliphatic rings. The van der Waals surface area contributed by atoms with Crippen molar-refractivity contribution in [2.75, 3.05) is 0 Å². The average Bonchev–Trinajstić information content (AvgIpc) is 3.24. The van der Waals surface area contributed by atoms with Gasteiger partial charge >= 0.3 is 5.97 Å². The summed E-state index contributed by atoms with van der Waals surface area (Å²) in [4.78, 5) is 33.1. The summed E-state index contributed by atoms with van der Waals surface area (Å²) >= 11 is 0. The minimum Gasteiger partial charge on any atom is -0.478 e. The molecule has 0 bridgehead atoms. The number of amides is 2. The Morgan fingerprint density at radius 3 is 2.45 bits per heavy atom. The molecular weight excluding hydrogens is 260 g/mol. The van der Waals surface area contributed by atoms with Crippen LogP contribution in [-0.2, 0) is 14.4 Å². The largest absolute Gasteiger partial charge is 0.478 e. The molecule has 1 aliphatic carbocycles. The summed E-state index contributed by atoms with van der Waals surface area (Å²) in [6, 6.07) is 9.68. The second kappa shape index (κ2) is 6.01. The number of carbonyl (C=O) groups is 3. The van der Waals surface area contributed by atoms with E-state index in [9.17, 15) is 14.4 Å². The Labute approximate surface area is 115 Å². The van der Waals surface area contributed by atoms with Crippen molar-refractivity contribution < 1.29 is 19.5 Å². The number of nitrogens with one attached hydrogen (secondary N) is 2. The molecule has 1 aromatic carbocycles. The Balaban J connectivity index is 1.77. The third-order valence-corrected chi connectivity index (χ3v) is 3.04. The van der Waals surface area contributed by atoms with Crippen LogP contribution < -0.4 is 10.9 Å². The molecule has 104 valence electrons. The highest BCUT2D eigenvalue weighted by Crippen LogP contribution is 2.47. The zero-order chi connectivity index (χ0) is 14.5. The van der Waals surface area contributed by atoms with Gasteiger partial charge in [-0.05, 0) is 17.9 Å². The third kappa shape index (κ3) is 3.68. The van der Waals surface area contributed by atoms with E-state index in [2.05, 4.69) is 10.9 Å². The van der Waals surface area contributed by atoms with E-state index >= 15 is 0 Å². The van der Waals surface area contributed by atoms with Crippen LogP contribution in [-0.4, -0.2) is 22.9 Å². The summed E-state index contributed by atoms with van der Waals surface area (Å²) in [6.07, 6.45) is 2.28. The molecule has 2 atom stereocenters. The Morgan fingerprint density at radius 1 is 1.10 bits per heavy atom. The Kier molecular flexibility index (Phi) is 4.14. The first kappa shape index (κ1) is 13.8. The Hall–Kier alpha value is -2.63. The third-order valence-electron chi connectivity index (χ3n) is 3.04. The maximum atomic E-state index is 11.8. The number of carbonyl (C=O) groups excluding carboxylic acids is 2. The average molecular weight is 274 g/mol. The quantitative estimate of drug-likeness (QED) is 0.553. The molecule has 2 rings (SSSR count). The lowest BCUT2D eigenvalue weighted by Gasteiger charge is -2.04. The maximum absolute atomic E-state index is 11.8. The predicted octanol–water partition coefficient (Wildman–Crippen LogP) is 0.578. The number of carboxylic acids is 1. The highest BCUT2D eigenvalue weighted by Gasteiger charge is 2.43. The van der Waals surface area contributed by atoms with Gasteiger partial charge in [0.2, 0.25) is 5.91 Å². The molecule has 2 amide bonds. The molecule has 0 saturated heterocycles. The van der Waals surface area contributed by atoms with Gasteiger partial charge in [-0.1, -0.05) is 30.3 Å². The van der Waals surface area contributed by atoms with E-state index in [1.165, 1.54) is 0 Å². The molecule has 6 heteroatoms. The second-order valence-electron chi connectivity index (χ2n) is 4.51. The summed E-state index contributed by atoms with van der Waals surface area (Å²) < 4.78 is 0. The molecule has 6 nitrogen and oxygen atoms in total. The van der Waals surface area contributed by atoms with Crippen LogP contribution in [0.2, 0.25) is 0 Å². The van der Waals surface area contributed by atoms with Crippen molar-refractivity contribution in [1.29, 1.82) is 0 Å². The highest BCUT2D eigenvalue weighted by atomic mass is 16.4. The molecule has 20 heavy (non-hydrogen) atoms. The van der Waals surface area contributed by atoms with Gasteiger partial charge in [-0.15, -0.1) is 0 Å². The van der Waals surface area contributed by atoms with Gasteiger partial charge in [-0.3, -0.25) is 20.4 Å². The van der Waals surface area contributed by atoms with Crippen LogP contribution in [0.4, 0.5) is 0 Å². The Bertz CT molecular complexity index is 554. The van der Waals surface area contributed by atoms with Crippen molar-refractivity contribution in [3.63, 3.8) is 0 Å². The number of rotatable bonds is 4. The van der Waals surface area contributed by atoms with Crippen molar-refractivity contribution in [3.8, 4) is 0 Å². The fourth-order valence-corrected chi connectivity index (χ4v) is 1.96. The molecule has 0 aromatic heterocycles. The van der Waals surface area contributed by atoms with Gasteiger partial charge < -0.3 is 5.11 Å². The van der Waals surface area contributed by atoms with Crippen molar-refractivity contribution in [3.05, 3.63) is 48.0 Å². The SMILES string of the molecule is O=C(O)/C=C\C(=O)NNC(=O)C1CC1c1ccccc1. The number of carboxylic acid groups (broad SMARTS) is 1. The van der Waals surface area contributed by atoms with E-state index < -0.39 is 11.9 Å². The zero-order valence-electron chi connectivity index (χ0n) is 10.6. The molecule has 0 spiro atoms. The topological polar surface area (TPSA) is 95.5 Å². The second-order valence-corrected chi connectivity index (χ2v) is 4.51. The molecular formula is C14H14N2O4. The zero-order valence-corrected chi connectivity index (χ0v) is 10.6. The maximum Gasteiger partial charge on any atom is 0.328 e.